The molecule has 2 aliphatic rings. The van der Waals surface area contributed by atoms with E-state index in [1.54, 1.807) is 0 Å². The first kappa shape index (κ1) is 14.7. The minimum Gasteiger partial charge on any atom is -0.389 e. The number of hydrogen-bond donors (Lipinski definition) is 1. The standard InChI is InChI=1S/C17H23FN2O/c1-12-6-14-9-19-10-15(14)7-17(12)13-2-4-20(5-3-13)11-16(21)8-18/h6-7,9,13,16,21H,2-5,8,10-11H2,1H3. The first-order valence-corrected chi connectivity index (χ1v) is 7.77. The van der Waals surface area contributed by atoms with Gasteiger partial charge in [-0.1, -0.05) is 6.07 Å². The van der Waals surface area contributed by atoms with Crippen LogP contribution in [0.25, 0.3) is 0 Å². The van der Waals surface area contributed by atoms with E-state index in [4.69, 9.17) is 0 Å². The van der Waals surface area contributed by atoms with E-state index in [2.05, 4.69) is 28.9 Å². The second kappa shape index (κ2) is 6.24. The molecular weight excluding hydrogens is 267 g/mol. The minimum absolute atomic E-state index is 0.459. The summed E-state index contributed by atoms with van der Waals surface area (Å²) >= 11 is 0. The lowest BCUT2D eigenvalue weighted by atomic mass is 9.85. The van der Waals surface area contributed by atoms with Gasteiger partial charge in [0.25, 0.3) is 0 Å². The number of aliphatic hydroxyl groups is 1. The molecule has 2 aliphatic heterocycles. The third-order valence-electron chi connectivity index (χ3n) is 4.69. The van der Waals surface area contributed by atoms with Crippen molar-refractivity contribution in [2.45, 2.75) is 38.3 Å². The van der Waals surface area contributed by atoms with Gasteiger partial charge in [0.2, 0.25) is 0 Å². The van der Waals surface area contributed by atoms with E-state index in [-0.39, 0.29) is 0 Å². The van der Waals surface area contributed by atoms with E-state index in [0.29, 0.717) is 12.5 Å². The van der Waals surface area contributed by atoms with Crippen LogP contribution in [0.5, 0.6) is 0 Å². The third-order valence-corrected chi connectivity index (χ3v) is 4.69. The molecule has 1 N–H and O–H groups in total. The van der Waals surface area contributed by atoms with Gasteiger partial charge in [0.05, 0.1) is 12.6 Å². The van der Waals surface area contributed by atoms with Crippen LogP contribution in [0.1, 0.15) is 41.0 Å². The lowest BCUT2D eigenvalue weighted by Gasteiger charge is -2.33. The van der Waals surface area contributed by atoms with Crippen LogP contribution in [0.15, 0.2) is 17.1 Å². The monoisotopic (exact) mass is 290 g/mol. The van der Waals surface area contributed by atoms with E-state index in [1.807, 2.05) is 6.21 Å². The number of aryl methyl sites for hydroxylation is 1. The zero-order chi connectivity index (χ0) is 14.8. The Labute approximate surface area is 125 Å². The van der Waals surface area contributed by atoms with E-state index in [0.717, 1.165) is 32.5 Å². The molecular formula is C17H23FN2O. The normalized spacial score (nSPS) is 20.7. The first-order valence-electron chi connectivity index (χ1n) is 7.77. The molecule has 4 heteroatoms. The highest BCUT2D eigenvalue weighted by Crippen LogP contribution is 2.32. The number of halogens is 1. The highest BCUT2D eigenvalue weighted by Gasteiger charge is 2.24. The van der Waals surface area contributed by atoms with E-state index < -0.39 is 12.8 Å². The zero-order valence-electron chi connectivity index (χ0n) is 12.6. The van der Waals surface area contributed by atoms with Crippen LogP contribution in [-0.4, -0.2) is 48.6 Å². The SMILES string of the molecule is Cc1cc2c(cc1C1CCN(CC(O)CF)CC1)CN=C2. The smallest absolute Gasteiger partial charge is 0.117 e. The number of alkyl halides is 1. The van der Waals surface area contributed by atoms with Gasteiger partial charge in [-0.15, -0.1) is 0 Å². The van der Waals surface area contributed by atoms with Crippen LogP contribution < -0.4 is 0 Å². The summed E-state index contributed by atoms with van der Waals surface area (Å²) in [5, 5.41) is 9.41. The number of aliphatic hydroxyl groups excluding tert-OH is 1. The maximum Gasteiger partial charge on any atom is 0.117 e. The maximum absolute atomic E-state index is 12.4. The summed E-state index contributed by atoms with van der Waals surface area (Å²) in [6.45, 7) is 4.68. The van der Waals surface area contributed by atoms with Gasteiger partial charge in [-0.05, 0) is 67.1 Å². The predicted octanol–water partition coefficient (Wildman–Crippen LogP) is 2.44. The number of nitrogens with zero attached hydrogens (tertiary/aromatic N) is 2. The Morgan fingerprint density at radius 1 is 1.38 bits per heavy atom. The van der Waals surface area contributed by atoms with Crippen molar-refractivity contribution in [2.24, 2.45) is 4.99 Å². The Kier molecular flexibility index (Phi) is 4.36. The van der Waals surface area contributed by atoms with Crippen LogP contribution in [0.2, 0.25) is 0 Å². The number of hydrogen-bond acceptors (Lipinski definition) is 3. The number of β-amino-alcohol motifs (C(OH)–C–C–N with tert-alkyl or cyclic N) is 1. The summed E-state index contributed by atoms with van der Waals surface area (Å²) in [5.41, 5.74) is 5.40. The Morgan fingerprint density at radius 3 is 2.86 bits per heavy atom. The number of piperidine rings is 1. The molecule has 1 aromatic carbocycles. The molecule has 0 saturated carbocycles. The molecule has 0 amide bonds. The molecule has 1 atom stereocenters. The topological polar surface area (TPSA) is 35.8 Å². The molecule has 2 heterocycles. The van der Waals surface area contributed by atoms with Gasteiger partial charge in [-0.3, -0.25) is 4.99 Å². The van der Waals surface area contributed by atoms with Crippen molar-refractivity contribution in [1.29, 1.82) is 0 Å². The third kappa shape index (κ3) is 3.16. The lowest BCUT2D eigenvalue weighted by Crippen LogP contribution is -2.39. The molecule has 1 aromatic rings. The molecule has 3 nitrogen and oxygen atoms in total. The van der Waals surface area contributed by atoms with Crippen molar-refractivity contribution in [3.63, 3.8) is 0 Å². The summed E-state index contributed by atoms with van der Waals surface area (Å²) in [4.78, 5) is 6.51. The summed E-state index contributed by atoms with van der Waals surface area (Å²) in [6, 6.07) is 4.58. The molecule has 0 spiro atoms. The number of aliphatic imine (C=N–C) groups is 1. The Balaban J connectivity index is 1.65. The van der Waals surface area contributed by atoms with Crippen molar-refractivity contribution >= 4 is 6.21 Å². The van der Waals surface area contributed by atoms with Crippen LogP contribution in [0.4, 0.5) is 4.39 Å². The molecule has 0 radical (unpaired) electrons. The van der Waals surface area contributed by atoms with Gasteiger partial charge < -0.3 is 10.0 Å². The fourth-order valence-corrected chi connectivity index (χ4v) is 3.51. The zero-order valence-corrected chi connectivity index (χ0v) is 12.6. The molecule has 0 aromatic heterocycles. The molecule has 3 rings (SSSR count). The Morgan fingerprint density at radius 2 is 2.14 bits per heavy atom. The molecule has 114 valence electrons. The van der Waals surface area contributed by atoms with Crippen LogP contribution in [-0.2, 0) is 6.54 Å². The van der Waals surface area contributed by atoms with Crippen molar-refractivity contribution in [1.82, 2.24) is 4.90 Å². The van der Waals surface area contributed by atoms with Crippen LogP contribution >= 0.6 is 0 Å². The summed E-state index contributed by atoms with van der Waals surface area (Å²) in [7, 11) is 0. The van der Waals surface area contributed by atoms with Gasteiger partial charge in [0.1, 0.15) is 6.67 Å². The average Bonchev–Trinajstić information content (AvgIpc) is 2.94. The van der Waals surface area contributed by atoms with E-state index >= 15 is 0 Å². The van der Waals surface area contributed by atoms with Gasteiger partial charge in [-0.2, -0.15) is 0 Å². The molecule has 0 aliphatic carbocycles. The Hall–Kier alpha value is -1.26. The largest absolute Gasteiger partial charge is 0.389 e. The average molecular weight is 290 g/mol. The van der Waals surface area contributed by atoms with Gasteiger partial charge in [0.15, 0.2) is 0 Å². The molecule has 1 saturated heterocycles. The summed E-state index contributed by atoms with van der Waals surface area (Å²) < 4.78 is 12.4. The van der Waals surface area contributed by atoms with Gasteiger partial charge in [-0.25, -0.2) is 4.39 Å². The fourth-order valence-electron chi connectivity index (χ4n) is 3.51. The number of likely N-dealkylation sites (tertiary alicyclic amines) is 1. The highest BCUT2D eigenvalue weighted by atomic mass is 19.1. The molecule has 0 bridgehead atoms. The van der Waals surface area contributed by atoms with Crippen LogP contribution in [0.3, 0.4) is 0 Å². The minimum atomic E-state index is -0.833. The first-order chi connectivity index (χ1) is 10.2. The quantitative estimate of drug-likeness (QED) is 0.924. The summed E-state index contributed by atoms with van der Waals surface area (Å²) in [5.74, 6) is 0.578. The highest BCUT2D eigenvalue weighted by molar-refractivity contribution is 5.85. The van der Waals surface area contributed by atoms with Crippen LogP contribution in [0, 0.1) is 6.92 Å². The number of rotatable bonds is 4. The second-order valence-corrected chi connectivity index (χ2v) is 6.26. The Bertz CT molecular complexity index is 536. The van der Waals surface area contributed by atoms with Crippen molar-refractivity contribution in [3.8, 4) is 0 Å². The van der Waals surface area contributed by atoms with Gasteiger partial charge >= 0.3 is 0 Å². The van der Waals surface area contributed by atoms with Crippen molar-refractivity contribution in [2.75, 3.05) is 26.3 Å². The number of benzene rings is 1. The predicted molar refractivity (Wildman–Crippen MR) is 82.9 cm³/mol. The number of fused-ring (bicyclic) bond motifs is 1. The van der Waals surface area contributed by atoms with E-state index in [9.17, 15) is 9.50 Å². The molecule has 1 fully saturated rings. The van der Waals surface area contributed by atoms with E-state index in [1.165, 1.54) is 22.3 Å². The van der Waals surface area contributed by atoms with Gasteiger partial charge in [0, 0.05) is 12.8 Å². The fraction of sp³-hybridized carbons (Fsp3) is 0.588. The lowest BCUT2D eigenvalue weighted by molar-refractivity contribution is 0.0780. The molecule has 21 heavy (non-hydrogen) atoms. The van der Waals surface area contributed by atoms with Crippen molar-refractivity contribution in [3.05, 3.63) is 34.4 Å². The van der Waals surface area contributed by atoms with Crippen molar-refractivity contribution < 1.29 is 9.50 Å². The summed E-state index contributed by atoms with van der Waals surface area (Å²) in [6.07, 6.45) is 3.30. The molecule has 1 unspecified atom stereocenters. The second-order valence-electron chi connectivity index (χ2n) is 6.26. The maximum atomic E-state index is 12.4.